The molecule has 2 aromatic rings. The van der Waals surface area contributed by atoms with E-state index in [9.17, 15) is 18.5 Å². The first-order valence-electron chi connectivity index (χ1n) is 6.81. The summed E-state index contributed by atoms with van der Waals surface area (Å²) >= 11 is 11.7. The smallest absolute Gasteiger partial charge is 0.261 e. The fraction of sp³-hybridized carbons (Fsp3) is 0.200. The van der Waals surface area contributed by atoms with Crippen LogP contribution in [-0.4, -0.2) is 17.8 Å². The van der Waals surface area contributed by atoms with E-state index in [1.54, 1.807) is 30.3 Å². The molecule has 0 radical (unpaired) electrons. The zero-order chi connectivity index (χ0) is 18.0. The summed E-state index contributed by atoms with van der Waals surface area (Å²) in [5.41, 5.74) is 1.15. The summed E-state index contributed by atoms with van der Waals surface area (Å²) in [6.45, 7) is 1.81. The molecule has 1 N–H and O–H groups in total. The van der Waals surface area contributed by atoms with Crippen LogP contribution in [0, 0.1) is 17.0 Å². The van der Waals surface area contributed by atoms with Crippen molar-refractivity contribution in [1.82, 2.24) is 4.72 Å². The van der Waals surface area contributed by atoms with Crippen LogP contribution in [0.5, 0.6) is 0 Å². The number of aryl methyl sites for hydroxylation is 1. The monoisotopic (exact) mass is 388 g/mol. The lowest BCUT2D eigenvalue weighted by Crippen LogP contribution is -2.43. The number of nitrogens with one attached hydrogen (secondary N) is 1. The Labute approximate surface area is 149 Å². The molecule has 0 aromatic heterocycles. The van der Waals surface area contributed by atoms with Gasteiger partial charge in [0.2, 0.25) is 10.0 Å². The van der Waals surface area contributed by atoms with Crippen LogP contribution in [0.25, 0.3) is 0 Å². The standard InChI is InChI=1S/C15H14Cl2N2O4S/c1-11-7-9-13(10-8-11)24(22,23)18-14(15(16,17)19(20)21)12-5-3-2-4-6-12/h2-10,14,18H,1H3/t14-/m0/s1. The van der Waals surface area contributed by atoms with Crippen molar-refractivity contribution in [3.8, 4) is 0 Å². The van der Waals surface area contributed by atoms with E-state index in [4.69, 9.17) is 23.2 Å². The molecule has 24 heavy (non-hydrogen) atoms. The van der Waals surface area contributed by atoms with Crippen LogP contribution in [0.1, 0.15) is 17.2 Å². The minimum Gasteiger partial charge on any atom is -0.261 e. The molecule has 0 fully saturated rings. The fourth-order valence-corrected chi connectivity index (χ4v) is 3.77. The average molecular weight is 389 g/mol. The molecule has 0 aliphatic heterocycles. The Morgan fingerprint density at radius 1 is 1.08 bits per heavy atom. The Morgan fingerprint density at radius 3 is 2.12 bits per heavy atom. The topological polar surface area (TPSA) is 89.3 Å². The van der Waals surface area contributed by atoms with Crippen molar-refractivity contribution >= 4 is 33.2 Å². The molecule has 0 amide bonds. The molecule has 2 rings (SSSR count). The van der Waals surface area contributed by atoms with Crippen LogP contribution in [-0.2, 0) is 10.0 Å². The van der Waals surface area contributed by atoms with Gasteiger partial charge in [0.15, 0.2) is 0 Å². The van der Waals surface area contributed by atoms with E-state index in [0.29, 0.717) is 0 Å². The number of alkyl halides is 2. The Hall–Kier alpha value is -1.67. The highest BCUT2D eigenvalue weighted by atomic mass is 35.5. The maximum absolute atomic E-state index is 12.5. The van der Waals surface area contributed by atoms with Crippen molar-refractivity contribution in [3.05, 3.63) is 75.8 Å². The van der Waals surface area contributed by atoms with Gasteiger partial charge in [-0.1, -0.05) is 48.0 Å². The molecular formula is C15H14Cl2N2O4S. The molecule has 0 bridgehead atoms. The Morgan fingerprint density at radius 2 is 1.62 bits per heavy atom. The predicted molar refractivity (Wildman–Crippen MR) is 92.1 cm³/mol. The van der Waals surface area contributed by atoms with Gasteiger partial charge in [0.1, 0.15) is 6.04 Å². The second-order valence-electron chi connectivity index (χ2n) is 5.12. The van der Waals surface area contributed by atoms with E-state index >= 15 is 0 Å². The molecular weight excluding hydrogens is 375 g/mol. The highest BCUT2D eigenvalue weighted by molar-refractivity contribution is 7.89. The number of nitro groups is 1. The Balaban J connectivity index is 2.45. The largest absolute Gasteiger partial charge is 0.390 e. The third-order valence-electron chi connectivity index (χ3n) is 3.33. The number of benzene rings is 2. The maximum atomic E-state index is 12.5. The number of rotatable bonds is 6. The third-order valence-corrected chi connectivity index (χ3v) is 5.48. The number of sulfonamides is 1. The van der Waals surface area contributed by atoms with Gasteiger partial charge in [-0.2, -0.15) is 4.72 Å². The van der Waals surface area contributed by atoms with Crippen molar-refractivity contribution in [3.63, 3.8) is 0 Å². The molecule has 9 heteroatoms. The molecule has 0 aliphatic rings. The zero-order valence-corrected chi connectivity index (χ0v) is 14.8. The molecule has 1 atom stereocenters. The second kappa shape index (κ2) is 7.06. The zero-order valence-electron chi connectivity index (χ0n) is 12.5. The van der Waals surface area contributed by atoms with Gasteiger partial charge in [0.05, 0.1) is 9.82 Å². The molecule has 0 aliphatic carbocycles. The van der Waals surface area contributed by atoms with E-state index in [1.165, 1.54) is 24.3 Å². The van der Waals surface area contributed by atoms with Crippen molar-refractivity contribution < 1.29 is 13.3 Å². The molecule has 0 unspecified atom stereocenters. The van der Waals surface area contributed by atoms with Crippen molar-refractivity contribution in [1.29, 1.82) is 0 Å². The predicted octanol–water partition coefficient (Wildman–Crippen LogP) is 3.42. The molecule has 0 heterocycles. The average Bonchev–Trinajstić information content (AvgIpc) is 2.53. The molecule has 0 saturated carbocycles. The van der Waals surface area contributed by atoms with Crippen LogP contribution in [0.15, 0.2) is 59.5 Å². The molecule has 0 saturated heterocycles. The molecule has 2 aromatic carbocycles. The van der Waals surface area contributed by atoms with E-state index in [0.717, 1.165) is 5.56 Å². The third kappa shape index (κ3) is 4.05. The lowest BCUT2D eigenvalue weighted by molar-refractivity contribution is -0.520. The van der Waals surface area contributed by atoms with Crippen LogP contribution in [0.3, 0.4) is 0 Å². The summed E-state index contributed by atoms with van der Waals surface area (Å²) in [5.74, 6) is 0. The lowest BCUT2D eigenvalue weighted by atomic mass is 10.1. The van der Waals surface area contributed by atoms with Crippen molar-refractivity contribution in [2.45, 2.75) is 22.3 Å². The number of nitrogens with zero attached hydrogens (tertiary/aromatic N) is 1. The minimum absolute atomic E-state index is 0.0403. The van der Waals surface area contributed by atoms with E-state index < -0.39 is 25.4 Å². The number of hydrogen-bond acceptors (Lipinski definition) is 4. The van der Waals surface area contributed by atoms with Crippen LogP contribution < -0.4 is 4.72 Å². The van der Waals surface area contributed by atoms with E-state index in [1.807, 2.05) is 6.92 Å². The van der Waals surface area contributed by atoms with Crippen molar-refractivity contribution in [2.75, 3.05) is 0 Å². The van der Waals surface area contributed by atoms with Crippen LogP contribution in [0.4, 0.5) is 0 Å². The van der Waals surface area contributed by atoms with Gasteiger partial charge in [-0.3, -0.25) is 10.1 Å². The first kappa shape index (κ1) is 18.7. The summed E-state index contributed by atoms with van der Waals surface area (Å²) < 4.78 is 24.8. The van der Waals surface area contributed by atoms with Gasteiger partial charge in [-0.15, -0.1) is 0 Å². The van der Waals surface area contributed by atoms with Gasteiger partial charge >= 0.3 is 4.46 Å². The maximum Gasteiger partial charge on any atom is 0.390 e. The van der Waals surface area contributed by atoms with Gasteiger partial charge in [0, 0.05) is 0 Å². The fourth-order valence-electron chi connectivity index (χ4n) is 2.03. The summed E-state index contributed by atoms with van der Waals surface area (Å²) in [5, 5.41) is 11.2. The summed E-state index contributed by atoms with van der Waals surface area (Å²) in [6.07, 6.45) is 0. The molecule has 6 nitrogen and oxygen atoms in total. The van der Waals surface area contributed by atoms with Crippen molar-refractivity contribution in [2.24, 2.45) is 0 Å². The highest BCUT2D eigenvalue weighted by Crippen LogP contribution is 2.37. The van der Waals surface area contributed by atoms with E-state index in [2.05, 4.69) is 4.72 Å². The highest BCUT2D eigenvalue weighted by Gasteiger charge is 2.50. The quantitative estimate of drug-likeness (QED) is 0.355. The SMILES string of the molecule is Cc1ccc(S(=O)(=O)N[C@@H](c2ccccc2)C(Cl)(Cl)[N+](=O)[O-])cc1. The first-order valence-corrected chi connectivity index (χ1v) is 9.05. The van der Waals surface area contributed by atoms with Gasteiger partial charge in [0.25, 0.3) is 0 Å². The van der Waals surface area contributed by atoms with Crippen LogP contribution in [0.2, 0.25) is 0 Å². The number of hydrogen-bond donors (Lipinski definition) is 1. The summed E-state index contributed by atoms with van der Waals surface area (Å²) in [4.78, 5) is 10.2. The lowest BCUT2D eigenvalue weighted by Gasteiger charge is -2.24. The second-order valence-corrected chi connectivity index (χ2v) is 8.18. The summed E-state index contributed by atoms with van der Waals surface area (Å²) in [6, 6.07) is 12.5. The van der Waals surface area contributed by atoms with Gasteiger partial charge < -0.3 is 0 Å². The Bertz CT molecular complexity index is 824. The first-order chi connectivity index (χ1) is 11.1. The van der Waals surface area contributed by atoms with E-state index in [-0.39, 0.29) is 10.5 Å². The van der Waals surface area contributed by atoms with Crippen LogP contribution >= 0.6 is 23.2 Å². The van der Waals surface area contributed by atoms with Gasteiger partial charge in [-0.25, -0.2) is 8.42 Å². The number of halogens is 2. The normalized spacial score (nSPS) is 13.5. The molecule has 128 valence electrons. The van der Waals surface area contributed by atoms with Gasteiger partial charge in [-0.05, 0) is 47.8 Å². The Kier molecular flexibility index (Phi) is 5.49. The summed E-state index contributed by atoms with van der Waals surface area (Å²) in [7, 11) is -4.06. The molecule has 0 spiro atoms. The minimum atomic E-state index is -4.06.